The standard InChI is InChI=1S/C15H19N7O3/c1-9-3-4-10(14-18-20-21(2)19-14)7-11(9)17-15(24)22-5-6-25-12(8-22)13(16)23/h3-4,7,12H,5-6,8H2,1-2H3,(H2,16,23)(H,17,24). The summed E-state index contributed by atoms with van der Waals surface area (Å²) in [6.07, 6.45) is -0.782. The highest BCUT2D eigenvalue weighted by molar-refractivity contribution is 5.91. The van der Waals surface area contributed by atoms with Gasteiger partial charge in [0.2, 0.25) is 11.7 Å². The number of carbonyl (C=O) groups excluding carboxylic acids is 2. The summed E-state index contributed by atoms with van der Waals surface area (Å²) >= 11 is 0. The third-order valence-electron chi connectivity index (χ3n) is 3.92. The van der Waals surface area contributed by atoms with Gasteiger partial charge in [-0.3, -0.25) is 4.79 Å². The average Bonchev–Trinajstić information content (AvgIpc) is 3.03. The minimum atomic E-state index is -0.782. The third-order valence-corrected chi connectivity index (χ3v) is 3.92. The van der Waals surface area contributed by atoms with E-state index in [1.165, 1.54) is 9.70 Å². The zero-order chi connectivity index (χ0) is 18.0. The molecule has 1 aromatic carbocycles. The Bertz CT molecular complexity index is 804. The number of ether oxygens (including phenoxy) is 1. The second-order valence-electron chi connectivity index (χ2n) is 5.77. The molecule has 1 aromatic heterocycles. The van der Waals surface area contributed by atoms with Gasteiger partial charge in [0, 0.05) is 17.8 Å². The Labute approximate surface area is 143 Å². The number of tetrazole rings is 1. The summed E-state index contributed by atoms with van der Waals surface area (Å²) in [5.41, 5.74) is 7.52. The van der Waals surface area contributed by atoms with Crippen molar-refractivity contribution in [3.05, 3.63) is 23.8 Å². The van der Waals surface area contributed by atoms with Gasteiger partial charge in [0.1, 0.15) is 0 Å². The molecule has 3 amide bonds. The molecule has 25 heavy (non-hydrogen) atoms. The lowest BCUT2D eigenvalue weighted by Crippen LogP contribution is -2.51. The van der Waals surface area contributed by atoms with Gasteiger partial charge in [-0.05, 0) is 23.8 Å². The Morgan fingerprint density at radius 2 is 2.20 bits per heavy atom. The van der Waals surface area contributed by atoms with Crippen LogP contribution >= 0.6 is 0 Å². The first-order valence-corrected chi connectivity index (χ1v) is 7.76. The number of benzene rings is 1. The molecule has 0 bridgehead atoms. The fraction of sp³-hybridized carbons (Fsp3) is 0.400. The molecule has 0 saturated carbocycles. The summed E-state index contributed by atoms with van der Waals surface area (Å²) < 4.78 is 5.25. The maximum Gasteiger partial charge on any atom is 0.322 e. The zero-order valence-corrected chi connectivity index (χ0v) is 14.0. The molecule has 3 N–H and O–H groups in total. The fourth-order valence-corrected chi connectivity index (χ4v) is 2.50. The van der Waals surface area contributed by atoms with E-state index in [1.807, 2.05) is 19.1 Å². The van der Waals surface area contributed by atoms with Crippen LogP contribution in [0.4, 0.5) is 10.5 Å². The number of aryl methyl sites for hydroxylation is 2. The van der Waals surface area contributed by atoms with Crippen molar-refractivity contribution in [1.29, 1.82) is 0 Å². The number of primary amides is 1. The van der Waals surface area contributed by atoms with Gasteiger partial charge in [-0.2, -0.15) is 4.80 Å². The van der Waals surface area contributed by atoms with Crippen LogP contribution < -0.4 is 11.1 Å². The highest BCUT2D eigenvalue weighted by Crippen LogP contribution is 2.23. The maximum atomic E-state index is 12.5. The number of nitrogens with two attached hydrogens (primary N) is 1. The summed E-state index contributed by atoms with van der Waals surface area (Å²) in [6.45, 7) is 2.67. The van der Waals surface area contributed by atoms with E-state index in [2.05, 4.69) is 20.7 Å². The number of nitrogens with zero attached hydrogens (tertiary/aromatic N) is 5. The second-order valence-corrected chi connectivity index (χ2v) is 5.77. The van der Waals surface area contributed by atoms with Gasteiger partial charge >= 0.3 is 6.03 Å². The van der Waals surface area contributed by atoms with E-state index in [0.29, 0.717) is 18.1 Å². The third kappa shape index (κ3) is 3.74. The van der Waals surface area contributed by atoms with Crippen molar-refractivity contribution in [1.82, 2.24) is 25.1 Å². The van der Waals surface area contributed by atoms with Gasteiger partial charge in [0.25, 0.3) is 0 Å². The molecule has 1 aliphatic heterocycles. The zero-order valence-electron chi connectivity index (χ0n) is 14.0. The summed E-state index contributed by atoms with van der Waals surface area (Å²) in [5, 5.41) is 14.8. The molecule has 0 radical (unpaired) electrons. The highest BCUT2D eigenvalue weighted by Gasteiger charge is 2.28. The average molecular weight is 345 g/mol. The molecule has 1 fully saturated rings. The molecule has 0 spiro atoms. The van der Waals surface area contributed by atoms with Crippen LogP contribution in [0.25, 0.3) is 11.4 Å². The van der Waals surface area contributed by atoms with Gasteiger partial charge in [0.15, 0.2) is 6.10 Å². The number of urea groups is 1. The number of nitrogens with one attached hydrogen (secondary N) is 1. The molecule has 132 valence electrons. The molecule has 1 saturated heterocycles. The lowest BCUT2D eigenvalue weighted by atomic mass is 10.1. The van der Waals surface area contributed by atoms with Crippen LogP contribution in [0, 0.1) is 6.92 Å². The van der Waals surface area contributed by atoms with Gasteiger partial charge in [-0.15, -0.1) is 10.2 Å². The van der Waals surface area contributed by atoms with E-state index >= 15 is 0 Å². The van der Waals surface area contributed by atoms with Gasteiger partial charge in [-0.25, -0.2) is 4.79 Å². The van der Waals surface area contributed by atoms with E-state index in [9.17, 15) is 9.59 Å². The van der Waals surface area contributed by atoms with Gasteiger partial charge in [0.05, 0.1) is 20.2 Å². The largest absolute Gasteiger partial charge is 0.367 e. The summed E-state index contributed by atoms with van der Waals surface area (Å²) in [6, 6.07) is 5.20. The normalized spacial score (nSPS) is 17.4. The number of carbonyl (C=O) groups is 2. The van der Waals surface area contributed by atoms with Crippen LogP contribution in [0.1, 0.15) is 5.56 Å². The van der Waals surface area contributed by atoms with Crippen LogP contribution in [0.3, 0.4) is 0 Å². The Morgan fingerprint density at radius 3 is 2.88 bits per heavy atom. The number of anilines is 1. The van der Waals surface area contributed by atoms with Crippen molar-refractivity contribution in [2.45, 2.75) is 13.0 Å². The first kappa shape index (κ1) is 16.8. The molecular weight excluding hydrogens is 326 g/mol. The quantitative estimate of drug-likeness (QED) is 0.799. The maximum absolute atomic E-state index is 12.5. The van der Waals surface area contributed by atoms with Crippen molar-refractivity contribution in [3.8, 4) is 11.4 Å². The number of amides is 3. The summed E-state index contributed by atoms with van der Waals surface area (Å²) in [5.74, 6) is -0.109. The van der Waals surface area contributed by atoms with Gasteiger partial charge < -0.3 is 20.7 Å². The smallest absolute Gasteiger partial charge is 0.322 e. The lowest BCUT2D eigenvalue weighted by molar-refractivity contribution is -0.133. The number of morpholine rings is 1. The lowest BCUT2D eigenvalue weighted by Gasteiger charge is -2.31. The van der Waals surface area contributed by atoms with Gasteiger partial charge in [-0.1, -0.05) is 12.1 Å². The molecule has 10 heteroatoms. The number of hydrogen-bond donors (Lipinski definition) is 2. The first-order valence-electron chi connectivity index (χ1n) is 7.76. The Kier molecular flexibility index (Phi) is 4.61. The monoisotopic (exact) mass is 345 g/mol. The molecule has 10 nitrogen and oxygen atoms in total. The van der Waals surface area contributed by atoms with Crippen LogP contribution in [-0.2, 0) is 16.6 Å². The molecule has 1 aliphatic rings. The van der Waals surface area contributed by atoms with Crippen molar-refractivity contribution in [3.63, 3.8) is 0 Å². The molecular formula is C15H19N7O3. The molecule has 1 atom stereocenters. The van der Waals surface area contributed by atoms with E-state index in [4.69, 9.17) is 10.5 Å². The molecule has 2 aromatic rings. The highest BCUT2D eigenvalue weighted by atomic mass is 16.5. The fourth-order valence-electron chi connectivity index (χ4n) is 2.50. The van der Waals surface area contributed by atoms with Crippen LogP contribution in [-0.4, -0.2) is 62.8 Å². The van der Waals surface area contributed by atoms with E-state index in [0.717, 1.165) is 11.1 Å². The van der Waals surface area contributed by atoms with Crippen molar-refractivity contribution in [2.75, 3.05) is 25.0 Å². The molecule has 0 aliphatic carbocycles. The van der Waals surface area contributed by atoms with Crippen LogP contribution in [0.15, 0.2) is 18.2 Å². The first-order chi connectivity index (χ1) is 11.9. The summed E-state index contributed by atoms with van der Waals surface area (Å²) in [7, 11) is 1.68. The minimum absolute atomic E-state index is 0.131. The second kappa shape index (κ2) is 6.85. The topological polar surface area (TPSA) is 128 Å². The molecule has 3 rings (SSSR count). The van der Waals surface area contributed by atoms with E-state index in [-0.39, 0.29) is 19.2 Å². The number of hydrogen-bond acceptors (Lipinski definition) is 6. The van der Waals surface area contributed by atoms with E-state index < -0.39 is 12.0 Å². The Morgan fingerprint density at radius 1 is 1.40 bits per heavy atom. The Balaban J connectivity index is 1.75. The van der Waals surface area contributed by atoms with E-state index in [1.54, 1.807) is 13.1 Å². The summed E-state index contributed by atoms with van der Waals surface area (Å²) in [4.78, 5) is 26.6. The van der Waals surface area contributed by atoms with Crippen molar-refractivity contribution < 1.29 is 14.3 Å². The molecule has 2 heterocycles. The van der Waals surface area contributed by atoms with Crippen LogP contribution in [0.5, 0.6) is 0 Å². The molecule has 1 unspecified atom stereocenters. The minimum Gasteiger partial charge on any atom is -0.367 e. The number of aromatic nitrogens is 4. The predicted molar refractivity (Wildman–Crippen MR) is 88.5 cm³/mol. The van der Waals surface area contributed by atoms with Crippen molar-refractivity contribution >= 4 is 17.6 Å². The van der Waals surface area contributed by atoms with Crippen molar-refractivity contribution in [2.24, 2.45) is 12.8 Å². The number of rotatable bonds is 3. The predicted octanol–water partition coefficient (Wildman–Crippen LogP) is -0.0965. The van der Waals surface area contributed by atoms with Crippen LogP contribution in [0.2, 0.25) is 0 Å². The Hall–Kier alpha value is -3.01. The SMILES string of the molecule is Cc1ccc(-c2nnn(C)n2)cc1NC(=O)N1CCOC(C(N)=O)C1.